The highest BCUT2D eigenvalue weighted by molar-refractivity contribution is 7.22. The molecule has 0 saturated heterocycles. The number of nitrogens with zero attached hydrogens (tertiary/aromatic N) is 1. The number of rotatable bonds is 4. The first kappa shape index (κ1) is 14.5. The van der Waals surface area contributed by atoms with E-state index in [1.807, 2.05) is 55.5 Å². The summed E-state index contributed by atoms with van der Waals surface area (Å²) in [4.78, 5) is 16.6. The third kappa shape index (κ3) is 3.26. The highest BCUT2D eigenvalue weighted by atomic mass is 32.1. The van der Waals surface area contributed by atoms with Gasteiger partial charge in [0.05, 0.1) is 10.2 Å². The minimum absolute atomic E-state index is 0.209. The number of fused-ring (bicyclic) bond motifs is 1. The molecule has 1 atom stereocenters. The average Bonchev–Trinajstić information content (AvgIpc) is 2.91. The van der Waals surface area contributed by atoms with Gasteiger partial charge in [-0.05, 0) is 38.1 Å². The Bertz CT molecular complexity index is 763. The number of aryl methyl sites for hydroxylation is 1. The molecule has 1 N–H and O–H groups in total. The van der Waals surface area contributed by atoms with E-state index in [0.717, 1.165) is 15.8 Å². The zero-order valence-electron chi connectivity index (χ0n) is 12.4. The molecule has 0 saturated carbocycles. The Hall–Kier alpha value is -2.40. The smallest absolute Gasteiger partial charge is 0.266 e. The van der Waals surface area contributed by atoms with Gasteiger partial charge in [-0.15, -0.1) is 0 Å². The van der Waals surface area contributed by atoms with Crippen molar-refractivity contribution in [3.05, 3.63) is 54.1 Å². The lowest BCUT2D eigenvalue weighted by molar-refractivity contribution is -0.122. The zero-order chi connectivity index (χ0) is 15.5. The van der Waals surface area contributed by atoms with Crippen molar-refractivity contribution in [3.8, 4) is 5.75 Å². The number of ether oxygens (including phenoxy) is 1. The summed E-state index contributed by atoms with van der Waals surface area (Å²) in [5.74, 6) is 0.470. The van der Waals surface area contributed by atoms with E-state index in [-0.39, 0.29) is 5.91 Å². The van der Waals surface area contributed by atoms with Gasteiger partial charge in [0, 0.05) is 0 Å². The van der Waals surface area contributed by atoms with Gasteiger partial charge in [0.25, 0.3) is 5.91 Å². The van der Waals surface area contributed by atoms with Crippen LogP contribution in [-0.4, -0.2) is 17.0 Å². The molecule has 1 aromatic heterocycles. The summed E-state index contributed by atoms with van der Waals surface area (Å²) in [6, 6.07) is 15.4. The fraction of sp³-hybridized carbons (Fsp3) is 0.176. The standard InChI is InChI=1S/C17H16N2O2S/c1-11-7-9-13(10-8-11)21-12(2)16(20)19-17-18-14-5-3-4-6-15(14)22-17/h3-10,12H,1-2H3,(H,18,19,20)/t12-/m1/s1. The van der Waals surface area contributed by atoms with Crippen LogP contribution >= 0.6 is 11.3 Å². The second kappa shape index (κ2) is 6.15. The van der Waals surface area contributed by atoms with Crippen LogP contribution in [0.15, 0.2) is 48.5 Å². The Kier molecular flexibility index (Phi) is 4.06. The van der Waals surface area contributed by atoms with Crippen molar-refractivity contribution in [1.29, 1.82) is 0 Å². The van der Waals surface area contributed by atoms with E-state index >= 15 is 0 Å². The van der Waals surface area contributed by atoms with Gasteiger partial charge in [-0.3, -0.25) is 10.1 Å². The monoisotopic (exact) mass is 312 g/mol. The molecular weight excluding hydrogens is 296 g/mol. The van der Waals surface area contributed by atoms with Gasteiger partial charge in [0.15, 0.2) is 11.2 Å². The van der Waals surface area contributed by atoms with E-state index < -0.39 is 6.10 Å². The third-order valence-electron chi connectivity index (χ3n) is 3.23. The summed E-state index contributed by atoms with van der Waals surface area (Å²) in [6.07, 6.45) is -0.588. The van der Waals surface area contributed by atoms with Crippen LogP contribution in [0.3, 0.4) is 0 Å². The number of carbonyl (C=O) groups excluding carboxylic acids is 1. The molecule has 0 aliphatic rings. The molecule has 0 aliphatic carbocycles. The molecule has 1 heterocycles. The van der Waals surface area contributed by atoms with E-state index in [2.05, 4.69) is 10.3 Å². The number of para-hydroxylation sites is 1. The molecule has 3 aromatic rings. The van der Waals surface area contributed by atoms with Crippen LogP contribution < -0.4 is 10.1 Å². The summed E-state index contributed by atoms with van der Waals surface area (Å²) >= 11 is 1.45. The van der Waals surface area contributed by atoms with Crippen molar-refractivity contribution < 1.29 is 9.53 Å². The lowest BCUT2D eigenvalue weighted by Gasteiger charge is -2.13. The Labute approximate surface area is 132 Å². The van der Waals surface area contributed by atoms with Crippen LogP contribution in [-0.2, 0) is 4.79 Å². The Morgan fingerprint density at radius 2 is 1.91 bits per heavy atom. The maximum Gasteiger partial charge on any atom is 0.266 e. The molecule has 3 rings (SSSR count). The molecule has 0 unspecified atom stereocenters. The van der Waals surface area contributed by atoms with Crippen LogP contribution in [0.1, 0.15) is 12.5 Å². The zero-order valence-corrected chi connectivity index (χ0v) is 13.2. The van der Waals surface area contributed by atoms with Gasteiger partial charge in [0.2, 0.25) is 0 Å². The normalized spacial score (nSPS) is 12.1. The van der Waals surface area contributed by atoms with Crippen molar-refractivity contribution in [2.45, 2.75) is 20.0 Å². The number of anilines is 1. The van der Waals surface area contributed by atoms with Crippen molar-refractivity contribution in [2.75, 3.05) is 5.32 Å². The predicted molar refractivity (Wildman–Crippen MR) is 89.5 cm³/mol. The molecular formula is C17H16N2O2S. The second-order valence-corrected chi connectivity index (χ2v) is 6.08. The quantitative estimate of drug-likeness (QED) is 0.792. The topological polar surface area (TPSA) is 51.2 Å². The highest BCUT2D eigenvalue weighted by Gasteiger charge is 2.16. The van der Waals surface area contributed by atoms with Crippen LogP contribution in [0.5, 0.6) is 5.75 Å². The van der Waals surface area contributed by atoms with Crippen molar-refractivity contribution >= 4 is 32.6 Å². The highest BCUT2D eigenvalue weighted by Crippen LogP contribution is 2.25. The first-order valence-corrected chi connectivity index (χ1v) is 7.83. The molecule has 1 amide bonds. The van der Waals surface area contributed by atoms with Gasteiger partial charge in [-0.2, -0.15) is 0 Å². The maximum absolute atomic E-state index is 12.2. The number of hydrogen-bond donors (Lipinski definition) is 1. The number of aromatic nitrogens is 1. The molecule has 0 fully saturated rings. The second-order valence-electron chi connectivity index (χ2n) is 5.05. The van der Waals surface area contributed by atoms with Gasteiger partial charge in [-0.1, -0.05) is 41.2 Å². The summed E-state index contributed by atoms with van der Waals surface area (Å²) in [6.45, 7) is 3.73. The van der Waals surface area contributed by atoms with Crippen LogP contribution in [0.25, 0.3) is 10.2 Å². The Morgan fingerprint density at radius 1 is 1.18 bits per heavy atom. The van der Waals surface area contributed by atoms with Crippen LogP contribution in [0.4, 0.5) is 5.13 Å². The predicted octanol–water partition coefficient (Wildman–Crippen LogP) is 4.01. The lowest BCUT2D eigenvalue weighted by atomic mass is 10.2. The minimum Gasteiger partial charge on any atom is -0.481 e. The molecule has 22 heavy (non-hydrogen) atoms. The van der Waals surface area contributed by atoms with Crippen LogP contribution in [0.2, 0.25) is 0 Å². The van der Waals surface area contributed by atoms with Crippen LogP contribution in [0, 0.1) is 6.92 Å². The average molecular weight is 312 g/mol. The molecule has 0 bridgehead atoms. The number of thiazole rings is 1. The van der Waals surface area contributed by atoms with Gasteiger partial charge < -0.3 is 4.74 Å². The van der Waals surface area contributed by atoms with E-state index in [1.165, 1.54) is 11.3 Å². The van der Waals surface area contributed by atoms with Crippen molar-refractivity contribution in [2.24, 2.45) is 0 Å². The third-order valence-corrected chi connectivity index (χ3v) is 4.18. The van der Waals surface area contributed by atoms with Crippen molar-refractivity contribution in [3.63, 3.8) is 0 Å². The van der Waals surface area contributed by atoms with E-state index in [4.69, 9.17) is 4.74 Å². The summed E-state index contributed by atoms with van der Waals surface area (Å²) < 4.78 is 6.69. The largest absolute Gasteiger partial charge is 0.481 e. The summed E-state index contributed by atoms with van der Waals surface area (Å²) in [5, 5.41) is 3.39. The number of hydrogen-bond acceptors (Lipinski definition) is 4. The van der Waals surface area contributed by atoms with Gasteiger partial charge >= 0.3 is 0 Å². The number of amides is 1. The number of benzene rings is 2. The van der Waals surface area contributed by atoms with E-state index in [0.29, 0.717) is 10.9 Å². The molecule has 0 radical (unpaired) electrons. The van der Waals surface area contributed by atoms with E-state index in [9.17, 15) is 4.79 Å². The molecule has 5 heteroatoms. The molecule has 2 aromatic carbocycles. The summed E-state index contributed by atoms with van der Waals surface area (Å²) in [7, 11) is 0. The van der Waals surface area contributed by atoms with Gasteiger partial charge in [0.1, 0.15) is 5.75 Å². The fourth-order valence-electron chi connectivity index (χ4n) is 2.01. The first-order valence-electron chi connectivity index (χ1n) is 7.01. The van der Waals surface area contributed by atoms with Crippen molar-refractivity contribution in [1.82, 2.24) is 4.98 Å². The number of nitrogens with one attached hydrogen (secondary N) is 1. The maximum atomic E-state index is 12.2. The lowest BCUT2D eigenvalue weighted by Crippen LogP contribution is -2.30. The SMILES string of the molecule is Cc1ccc(O[C@H](C)C(=O)Nc2nc3ccccc3s2)cc1. The molecule has 4 nitrogen and oxygen atoms in total. The number of carbonyl (C=O) groups is 1. The van der Waals surface area contributed by atoms with E-state index in [1.54, 1.807) is 6.92 Å². The minimum atomic E-state index is -0.588. The molecule has 0 spiro atoms. The Balaban J connectivity index is 1.66. The molecule has 0 aliphatic heterocycles. The fourth-order valence-corrected chi connectivity index (χ4v) is 2.88. The first-order chi connectivity index (χ1) is 10.6. The Morgan fingerprint density at radius 3 is 2.64 bits per heavy atom. The summed E-state index contributed by atoms with van der Waals surface area (Å²) in [5.41, 5.74) is 2.04. The van der Waals surface area contributed by atoms with Gasteiger partial charge in [-0.25, -0.2) is 4.98 Å². The molecule has 112 valence electrons.